The molecular formula is C14H13FO3. The van der Waals surface area contributed by atoms with Crippen molar-refractivity contribution in [2.75, 3.05) is 6.61 Å². The molecule has 0 aliphatic rings. The van der Waals surface area contributed by atoms with Crippen molar-refractivity contribution in [1.82, 2.24) is 0 Å². The van der Waals surface area contributed by atoms with Gasteiger partial charge in [0.25, 0.3) is 0 Å². The molecule has 1 aromatic carbocycles. The summed E-state index contributed by atoms with van der Waals surface area (Å²) in [5.74, 6) is 4.17. The Bertz CT molecular complexity index is 524. The molecule has 0 bridgehead atoms. The lowest BCUT2D eigenvalue weighted by molar-refractivity contribution is -0.141. The number of carbonyl (C=O) groups is 2. The number of esters is 1. The molecule has 0 unspecified atom stereocenters. The second-order valence-electron chi connectivity index (χ2n) is 3.55. The van der Waals surface area contributed by atoms with Gasteiger partial charge in [0, 0.05) is 5.56 Å². The third kappa shape index (κ3) is 3.42. The van der Waals surface area contributed by atoms with Crippen LogP contribution in [0.3, 0.4) is 0 Å². The van der Waals surface area contributed by atoms with Crippen molar-refractivity contribution in [3.8, 4) is 11.8 Å². The predicted molar refractivity (Wildman–Crippen MR) is 64.7 cm³/mol. The predicted octanol–water partition coefficient (Wildman–Crippen LogP) is 2.25. The maximum atomic E-state index is 13.3. The fourth-order valence-corrected chi connectivity index (χ4v) is 1.40. The Labute approximate surface area is 105 Å². The van der Waals surface area contributed by atoms with E-state index >= 15 is 0 Å². The second kappa shape index (κ2) is 6.55. The van der Waals surface area contributed by atoms with Gasteiger partial charge in [-0.25, -0.2) is 4.39 Å². The molecule has 0 saturated carbocycles. The van der Waals surface area contributed by atoms with Gasteiger partial charge in [0.1, 0.15) is 12.2 Å². The average Bonchev–Trinajstić information content (AvgIpc) is 2.34. The van der Waals surface area contributed by atoms with Crippen LogP contribution in [-0.4, -0.2) is 18.9 Å². The molecule has 3 nitrogen and oxygen atoms in total. The Hall–Kier alpha value is -2.15. The zero-order valence-electron chi connectivity index (χ0n) is 10.2. The van der Waals surface area contributed by atoms with Crippen LogP contribution in [0.15, 0.2) is 12.1 Å². The highest BCUT2D eigenvalue weighted by Crippen LogP contribution is 2.15. The maximum absolute atomic E-state index is 13.3. The molecule has 94 valence electrons. The normalized spacial score (nSPS) is 9.28. The molecule has 0 N–H and O–H groups in total. The van der Waals surface area contributed by atoms with E-state index in [1.807, 2.05) is 0 Å². The first-order valence-electron chi connectivity index (χ1n) is 5.49. The van der Waals surface area contributed by atoms with E-state index in [9.17, 15) is 14.0 Å². The van der Waals surface area contributed by atoms with Crippen LogP contribution in [0, 0.1) is 24.6 Å². The van der Waals surface area contributed by atoms with E-state index in [1.165, 1.54) is 12.1 Å². The minimum Gasteiger partial charge on any atom is -0.465 e. The van der Waals surface area contributed by atoms with Crippen molar-refractivity contribution in [2.45, 2.75) is 20.3 Å². The molecule has 18 heavy (non-hydrogen) atoms. The fourth-order valence-electron chi connectivity index (χ4n) is 1.40. The summed E-state index contributed by atoms with van der Waals surface area (Å²) in [6.45, 7) is 3.71. The SMILES string of the molecule is CCOC(=O)CC#Cc1c(C)ccc(F)c1C=O. The molecular weight excluding hydrogens is 235 g/mol. The summed E-state index contributed by atoms with van der Waals surface area (Å²) in [6.07, 6.45) is 0.346. The van der Waals surface area contributed by atoms with Crippen LogP contribution in [-0.2, 0) is 9.53 Å². The van der Waals surface area contributed by atoms with Gasteiger partial charge in [0.2, 0.25) is 0 Å². The minimum atomic E-state index is -0.615. The van der Waals surface area contributed by atoms with Crippen LogP contribution in [0.2, 0.25) is 0 Å². The zero-order valence-corrected chi connectivity index (χ0v) is 10.2. The van der Waals surface area contributed by atoms with Crippen molar-refractivity contribution < 1.29 is 18.7 Å². The van der Waals surface area contributed by atoms with Crippen LogP contribution in [0.25, 0.3) is 0 Å². The number of aldehydes is 1. The number of hydrogen-bond donors (Lipinski definition) is 0. The molecule has 1 rings (SSSR count). The highest BCUT2D eigenvalue weighted by molar-refractivity contribution is 5.81. The first-order valence-corrected chi connectivity index (χ1v) is 5.49. The smallest absolute Gasteiger partial charge is 0.317 e. The summed E-state index contributed by atoms with van der Waals surface area (Å²) in [5.41, 5.74) is 0.926. The van der Waals surface area contributed by atoms with Crippen LogP contribution in [0.1, 0.15) is 34.8 Å². The molecule has 0 spiro atoms. The van der Waals surface area contributed by atoms with E-state index in [0.29, 0.717) is 24.0 Å². The first-order chi connectivity index (χ1) is 8.60. The number of hydrogen-bond acceptors (Lipinski definition) is 3. The zero-order chi connectivity index (χ0) is 13.5. The molecule has 0 aromatic heterocycles. The van der Waals surface area contributed by atoms with Gasteiger partial charge < -0.3 is 4.74 Å². The fraction of sp³-hybridized carbons (Fsp3) is 0.286. The molecule has 0 aliphatic carbocycles. The van der Waals surface area contributed by atoms with Crippen LogP contribution < -0.4 is 0 Å². The summed E-state index contributed by atoms with van der Waals surface area (Å²) < 4.78 is 18.1. The maximum Gasteiger partial charge on any atom is 0.317 e. The average molecular weight is 248 g/mol. The monoisotopic (exact) mass is 248 g/mol. The van der Waals surface area contributed by atoms with Gasteiger partial charge in [-0.15, -0.1) is 0 Å². The molecule has 0 radical (unpaired) electrons. The Balaban J connectivity index is 2.97. The third-order valence-electron chi connectivity index (χ3n) is 2.27. The van der Waals surface area contributed by atoms with Crippen molar-refractivity contribution in [3.05, 3.63) is 34.6 Å². The molecule has 0 atom stereocenters. The van der Waals surface area contributed by atoms with Gasteiger partial charge in [-0.05, 0) is 25.5 Å². The Morgan fingerprint density at radius 2 is 2.22 bits per heavy atom. The molecule has 0 aliphatic heterocycles. The highest BCUT2D eigenvalue weighted by atomic mass is 19.1. The molecule has 4 heteroatoms. The Morgan fingerprint density at radius 3 is 2.83 bits per heavy atom. The number of aryl methyl sites for hydroxylation is 1. The number of rotatable bonds is 3. The van der Waals surface area contributed by atoms with Crippen molar-refractivity contribution >= 4 is 12.3 Å². The second-order valence-corrected chi connectivity index (χ2v) is 3.55. The summed E-state index contributed by atoms with van der Waals surface area (Å²) in [7, 11) is 0. The van der Waals surface area contributed by atoms with Crippen molar-refractivity contribution in [3.63, 3.8) is 0 Å². The van der Waals surface area contributed by atoms with Crippen LogP contribution in [0.4, 0.5) is 4.39 Å². The van der Waals surface area contributed by atoms with Crippen LogP contribution >= 0.6 is 0 Å². The number of carbonyl (C=O) groups excluding carboxylic acids is 2. The van der Waals surface area contributed by atoms with Crippen LogP contribution in [0.5, 0.6) is 0 Å². The minimum absolute atomic E-state index is 0.0774. The molecule has 0 saturated heterocycles. The first kappa shape index (κ1) is 13.9. The summed E-state index contributed by atoms with van der Waals surface area (Å²) in [4.78, 5) is 21.9. The van der Waals surface area contributed by atoms with Gasteiger partial charge in [0.15, 0.2) is 6.29 Å². The summed E-state index contributed by atoms with van der Waals surface area (Å²) in [6, 6.07) is 2.76. The van der Waals surface area contributed by atoms with E-state index in [-0.39, 0.29) is 12.0 Å². The van der Waals surface area contributed by atoms with Gasteiger partial charge in [-0.1, -0.05) is 17.9 Å². The number of benzene rings is 1. The summed E-state index contributed by atoms with van der Waals surface area (Å²) >= 11 is 0. The standard InChI is InChI=1S/C14H13FO3/c1-3-18-14(17)6-4-5-11-10(2)7-8-13(15)12(11)9-16/h7-9H,3,6H2,1-2H3. The largest absolute Gasteiger partial charge is 0.465 e. The third-order valence-corrected chi connectivity index (χ3v) is 2.27. The van der Waals surface area contributed by atoms with Crippen molar-refractivity contribution in [1.29, 1.82) is 0 Å². The quantitative estimate of drug-likeness (QED) is 0.468. The molecule has 0 heterocycles. The van der Waals surface area contributed by atoms with Gasteiger partial charge in [-0.2, -0.15) is 0 Å². The lowest BCUT2D eigenvalue weighted by Crippen LogP contribution is -2.02. The topological polar surface area (TPSA) is 43.4 Å². The van der Waals surface area contributed by atoms with E-state index in [2.05, 4.69) is 11.8 Å². The molecule has 1 aromatic rings. The lowest BCUT2D eigenvalue weighted by Gasteiger charge is -2.02. The summed E-state index contributed by atoms with van der Waals surface area (Å²) in [5, 5.41) is 0. The van der Waals surface area contributed by atoms with Gasteiger partial charge >= 0.3 is 5.97 Å². The highest BCUT2D eigenvalue weighted by Gasteiger charge is 2.08. The van der Waals surface area contributed by atoms with E-state index in [0.717, 1.165) is 0 Å². The lowest BCUT2D eigenvalue weighted by atomic mass is 10.0. The van der Waals surface area contributed by atoms with E-state index in [4.69, 9.17) is 4.74 Å². The molecule has 0 fully saturated rings. The number of halogens is 1. The van der Waals surface area contributed by atoms with Gasteiger partial charge in [0.05, 0.1) is 12.2 Å². The van der Waals surface area contributed by atoms with Crippen molar-refractivity contribution in [2.24, 2.45) is 0 Å². The molecule has 0 amide bonds. The van der Waals surface area contributed by atoms with E-state index < -0.39 is 11.8 Å². The Kier molecular flexibility index (Phi) is 5.06. The number of ether oxygens (including phenoxy) is 1. The van der Waals surface area contributed by atoms with E-state index in [1.54, 1.807) is 13.8 Å². The van der Waals surface area contributed by atoms with Gasteiger partial charge in [-0.3, -0.25) is 9.59 Å². The Morgan fingerprint density at radius 1 is 1.50 bits per heavy atom.